The summed E-state index contributed by atoms with van der Waals surface area (Å²) in [7, 11) is 0. The Morgan fingerprint density at radius 2 is 1.72 bits per heavy atom. The first kappa shape index (κ1) is 21.1. The summed E-state index contributed by atoms with van der Waals surface area (Å²) in [6, 6.07) is 22.2. The van der Waals surface area contributed by atoms with Crippen molar-refractivity contribution in [2.45, 2.75) is 6.54 Å². The number of halogens is 2. The summed E-state index contributed by atoms with van der Waals surface area (Å²) < 4.78 is 17.7. The van der Waals surface area contributed by atoms with Gasteiger partial charge in [0.15, 0.2) is 4.32 Å². The number of fused-ring (bicyclic) bond motifs is 1. The predicted octanol–water partition coefficient (Wildman–Crippen LogP) is 7.00. The lowest BCUT2D eigenvalue weighted by atomic mass is 10.1. The van der Waals surface area contributed by atoms with Crippen LogP contribution in [0.4, 0.5) is 10.1 Å². The summed E-state index contributed by atoms with van der Waals surface area (Å²) in [6.07, 6.45) is 3.83. The highest BCUT2D eigenvalue weighted by Gasteiger charge is 2.33. The van der Waals surface area contributed by atoms with Gasteiger partial charge in [-0.2, -0.15) is 0 Å². The van der Waals surface area contributed by atoms with Crippen LogP contribution in [-0.2, 0) is 11.3 Å². The maximum atomic E-state index is 14.2. The van der Waals surface area contributed by atoms with Crippen LogP contribution in [-0.4, -0.2) is 14.8 Å². The second-order valence-electron chi connectivity index (χ2n) is 7.31. The van der Waals surface area contributed by atoms with Crippen LogP contribution in [0.25, 0.3) is 17.0 Å². The fourth-order valence-electron chi connectivity index (χ4n) is 3.75. The molecule has 1 aliphatic heterocycles. The standard InChI is InChI=1S/C25H16BrFN2OS2/c26-18-9-11-19(12-10-18)29-24(30)23(32-25(29)31)13-17-15-28(22-8-4-2-6-20(17)22)14-16-5-1-3-7-21(16)27/h1-13,15H,14H2/b23-13-. The highest BCUT2D eigenvalue weighted by atomic mass is 79.9. The van der Waals surface area contributed by atoms with Crippen LogP contribution in [0, 0.1) is 5.82 Å². The average Bonchev–Trinajstić information content (AvgIpc) is 3.27. The van der Waals surface area contributed by atoms with Crippen molar-refractivity contribution in [1.29, 1.82) is 0 Å². The van der Waals surface area contributed by atoms with E-state index in [1.54, 1.807) is 17.0 Å². The van der Waals surface area contributed by atoms with Crippen molar-refractivity contribution >= 4 is 72.8 Å². The molecule has 0 N–H and O–H groups in total. The molecule has 1 aromatic heterocycles. The molecular weight excluding hydrogens is 507 g/mol. The van der Waals surface area contributed by atoms with Gasteiger partial charge in [0.1, 0.15) is 5.82 Å². The highest BCUT2D eigenvalue weighted by molar-refractivity contribution is 9.10. The monoisotopic (exact) mass is 522 g/mol. The van der Waals surface area contributed by atoms with Crippen LogP contribution in [0.15, 0.2) is 88.4 Å². The predicted molar refractivity (Wildman–Crippen MR) is 137 cm³/mol. The number of carbonyl (C=O) groups is 1. The second kappa shape index (κ2) is 8.65. The molecule has 3 aromatic carbocycles. The molecule has 0 unspecified atom stereocenters. The number of amides is 1. The molecule has 1 amide bonds. The topological polar surface area (TPSA) is 25.2 Å². The van der Waals surface area contributed by atoms with Gasteiger partial charge < -0.3 is 4.57 Å². The molecule has 0 saturated carbocycles. The van der Waals surface area contributed by atoms with E-state index in [1.165, 1.54) is 17.8 Å². The molecule has 1 fully saturated rings. The molecule has 0 atom stereocenters. The number of hydrogen-bond donors (Lipinski definition) is 0. The zero-order valence-electron chi connectivity index (χ0n) is 16.7. The molecule has 0 radical (unpaired) electrons. The largest absolute Gasteiger partial charge is 0.342 e. The number of nitrogens with zero attached hydrogens (tertiary/aromatic N) is 2. The van der Waals surface area contributed by atoms with Crippen LogP contribution in [0.1, 0.15) is 11.1 Å². The fraction of sp³-hybridized carbons (Fsp3) is 0.0400. The Morgan fingerprint density at radius 3 is 2.50 bits per heavy atom. The molecule has 158 valence electrons. The Hall–Kier alpha value is -2.74. The molecule has 1 aliphatic rings. The van der Waals surface area contributed by atoms with E-state index in [4.69, 9.17) is 12.2 Å². The van der Waals surface area contributed by atoms with Crippen molar-refractivity contribution in [1.82, 2.24) is 4.57 Å². The van der Waals surface area contributed by atoms with E-state index >= 15 is 0 Å². The van der Waals surface area contributed by atoms with Crippen molar-refractivity contribution in [2.24, 2.45) is 0 Å². The minimum atomic E-state index is -0.234. The van der Waals surface area contributed by atoms with E-state index in [0.29, 0.717) is 21.3 Å². The van der Waals surface area contributed by atoms with E-state index in [1.807, 2.05) is 71.4 Å². The summed E-state index contributed by atoms with van der Waals surface area (Å²) in [5.74, 6) is -0.379. The molecule has 0 bridgehead atoms. The number of rotatable bonds is 4. The minimum Gasteiger partial charge on any atom is -0.342 e. The molecule has 5 rings (SSSR count). The second-order valence-corrected chi connectivity index (χ2v) is 9.91. The summed E-state index contributed by atoms with van der Waals surface area (Å²) >= 11 is 10.2. The molecule has 2 heterocycles. The Morgan fingerprint density at radius 1 is 1.00 bits per heavy atom. The van der Waals surface area contributed by atoms with E-state index in [2.05, 4.69) is 15.9 Å². The third-order valence-corrected chi connectivity index (χ3v) is 7.11. The Labute approximate surface area is 202 Å². The SMILES string of the molecule is O=C1/C(=C/c2cn(Cc3ccccc3F)c3ccccc23)SC(=S)N1c1ccc(Br)cc1. The van der Waals surface area contributed by atoms with Crippen molar-refractivity contribution < 1.29 is 9.18 Å². The number of anilines is 1. The van der Waals surface area contributed by atoms with Gasteiger partial charge in [0.05, 0.1) is 17.1 Å². The van der Waals surface area contributed by atoms with Crippen LogP contribution < -0.4 is 4.90 Å². The summed E-state index contributed by atoms with van der Waals surface area (Å²) in [6.45, 7) is 0.404. The van der Waals surface area contributed by atoms with E-state index in [0.717, 1.165) is 26.6 Å². The quantitative estimate of drug-likeness (QED) is 0.213. The molecule has 4 aromatic rings. The number of aromatic nitrogens is 1. The van der Waals surface area contributed by atoms with Gasteiger partial charge in [0.2, 0.25) is 0 Å². The van der Waals surface area contributed by atoms with E-state index < -0.39 is 0 Å². The van der Waals surface area contributed by atoms with Crippen LogP contribution >= 0.6 is 39.9 Å². The number of benzene rings is 3. The molecular formula is C25H16BrFN2OS2. The summed E-state index contributed by atoms with van der Waals surface area (Å²) in [5, 5.41) is 0.998. The lowest BCUT2D eigenvalue weighted by Crippen LogP contribution is -2.27. The number of hydrogen-bond acceptors (Lipinski definition) is 3. The molecule has 0 aliphatic carbocycles. The van der Waals surface area contributed by atoms with Crippen LogP contribution in [0.2, 0.25) is 0 Å². The summed E-state index contributed by atoms with van der Waals surface area (Å²) in [4.78, 5) is 15.3. The lowest BCUT2D eigenvalue weighted by Gasteiger charge is -2.14. The van der Waals surface area contributed by atoms with Gasteiger partial charge in [0, 0.05) is 32.7 Å². The Kier molecular flexibility index (Phi) is 5.71. The normalized spacial score (nSPS) is 15.3. The third kappa shape index (κ3) is 3.92. The first-order valence-corrected chi connectivity index (χ1v) is 11.9. The maximum Gasteiger partial charge on any atom is 0.270 e. The molecule has 32 heavy (non-hydrogen) atoms. The summed E-state index contributed by atoms with van der Waals surface area (Å²) in [5.41, 5.74) is 3.22. The van der Waals surface area contributed by atoms with Crippen molar-refractivity contribution in [2.75, 3.05) is 4.90 Å². The number of para-hydroxylation sites is 1. The number of thiocarbonyl (C=S) groups is 1. The third-order valence-electron chi connectivity index (χ3n) is 5.28. The van der Waals surface area contributed by atoms with Gasteiger partial charge in [0.25, 0.3) is 5.91 Å². The number of thioether (sulfide) groups is 1. The Bertz CT molecular complexity index is 1390. The average molecular weight is 523 g/mol. The maximum absolute atomic E-state index is 14.2. The first-order chi connectivity index (χ1) is 15.5. The van der Waals surface area contributed by atoms with Gasteiger partial charge in [-0.25, -0.2) is 4.39 Å². The fourth-order valence-corrected chi connectivity index (χ4v) is 5.31. The smallest absolute Gasteiger partial charge is 0.270 e. The molecule has 0 spiro atoms. The molecule has 7 heteroatoms. The van der Waals surface area contributed by atoms with Crippen LogP contribution in [0.5, 0.6) is 0 Å². The van der Waals surface area contributed by atoms with Gasteiger partial charge in [-0.15, -0.1) is 0 Å². The van der Waals surface area contributed by atoms with Crippen LogP contribution in [0.3, 0.4) is 0 Å². The zero-order valence-corrected chi connectivity index (χ0v) is 19.9. The van der Waals surface area contributed by atoms with E-state index in [9.17, 15) is 9.18 Å². The van der Waals surface area contributed by atoms with Gasteiger partial charge >= 0.3 is 0 Å². The lowest BCUT2D eigenvalue weighted by molar-refractivity contribution is -0.113. The minimum absolute atomic E-state index is 0.145. The zero-order chi connectivity index (χ0) is 22.2. The van der Waals surface area contributed by atoms with E-state index in [-0.39, 0.29) is 11.7 Å². The van der Waals surface area contributed by atoms with Crippen molar-refractivity contribution in [3.63, 3.8) is 0 Å². The number of carbonyl (C=O) groups excluding carboxylic acids is 1. The van der Waals surface area contributed by atoms with Crippen molar-refractivity contribution in [3.05, 3.63) is 105 Å². The Balaban J connectivity index is 1.53. The van der Waals surface area contributed by atoms with Gasteiger partial charge in [-0.05, 0) is 42.5 Å². The highest BCUT2D eigenvalue weighted by Crippen LogP contribution is 2.37. The molecule has 3 nitrogen and oxygen atoms in total. The van der Waals surface area contributed by atoms with Gasteiger partial charge in [-0.3, -0.25) is 9.69 Å². The first-order valence-electron chi connectivity index (χ1n) is 9.86. The molecule has 1 saturated heterocycles. The van der Waals surface area contributed by atoms with Gasteiger partial charge in [-0.1, -0.05) is 76.3 Å². The van der Waals surface area contributed by atoms with Crippen molar-refractivity contribution in [3.8, 4) is 0 Å².